The number of nitrogens with zero attached hydrogens (tertiary/aromatic N) is 3. The number of rotatable bonds is 5. The molecule has 2 aromatic heterocycles. The van der Waals surface area contributed by atoms with Crippen LogP contribution in [0, 0.1) is 0 Å². The predicted molar refractivity (Wildman–Crippen MR) is 59.7 cm³/mol. The van der Waals surface area contributed by atoms with E-state index in [0.717, 1.165) is 0 Å². The fourth-order valence-electron chi connectivity index (χ4n) is 1.15. The zero-order valence-electron chi connectivity index (χ0n) is 9.04. The van der Waals surface area contributed by atoms with Gasteiger partial charge in [0, 0.05) is 0 Å². The number of hydrogen-bond acceptors (Lipinski definition) is 8. The lowest BCUT2D eigenvalue weighted by atomic mass is 10.4. The number of carbonyl (C=O) groups excluding carboxylic acids is 1. The molecule has 8 heteroatoms. The molecule has 0 saturated heterocycles. The Morgan fingerprint density at radius 2 is 2.47 bits per heavy atom. The third-order valence-electron chi connectivity index (χ3n) is 1.85. The lowest BCUT2D eigenvalue weighted by molar-refractivity contribution is 0.0521. The van der Waals surface area contributed by atoms with Crippen molar-refractivity contribution >= 4 is 22.3 Å². The molecule has 0 spiro atoms. The van der Waals surface area contributed by atoms with Crippen molar-refractivity contribution < 1.29 is 14.1 Å². The standard InChI is InChI=1S/C9H10N4O3S/c1-2-15-9(14)7-8(17-5-12-7)10-3-6-11-4-16-13-6/h4-5,10H,2-3H2,1H3. The van der Waals surface area contributed by atoms with Gasteiger partial charge in [0.15, 0.2) is 11.5 Å². The Morgan fingerprint density at radius 3 is 3.18 bits per heavy atom. The van der Waals surface area contributed by atoms with Crippen LogP contribution in [0.4, 0.5) is 5.00 Å². The van der Waals surface area contributed by atoms with Crippen molar-refractivity contribution in [3.8, 4) is 0 Å². The fraction of sp³-hybridized carbons (Fsp3) is 0.333. The average molecular weight is 254 g/mol. The molecule has 2 aromatic rings. The number of thiazole rings is 1. The molecule has 0 aromatic carbocycles. The van der Waals surface area contributed by atoms with Crippen LogP contribution < -0.4 is 5.32 Å². The summed E-state index contributed by atoms with van der Waals surface area (Å²) in [5, 5.41) is 7.28. The summed E-state index contributed by atoms with van der Waals surface area (Å²) in [6, 6.07) is 0. The van der Waals surface area contributed by atoms with Crippen molar-refractivity contribution in [1.29, 1.82) is 0 Å². The number of anilines is 1. The predicted octanol–water partition coefficient (Wildman–Crippen LogP) is 1.31. The minimum absolute atomic E-state index is 0.278. The molecule has 7 nitrogen and oxygen atoms in total. The summed E-state index contributed by atoms with van der Waals surface area (Å²) in [5.74, 6) is 0.0672. The van der Waals surface area contributed by atoms with Gasteiger partial charge in [0.1, 0.15) is 5.00 Å². The van der Waals surface area contributed by atoms with Gasteiger partial charge in [-0.1, -0.05) is 5.16 Å². The van der Waals surface area contributed by atoms with Crippen molar-refractivity contribution in [2.75, 3.05) is 11.9 Å². The van der Waals surface area contributed by atoms with E-state index < -0.39 is 5.97 Å². The lowest BCUT2D eigenvalue weighted by Gasteiger charge is -2.03. The molecule has 0 amide bonds. The molecular formula is C9H10N4O3S. The summed E-state index contributed by atoms with van der Waals surface area (Å²) < 4.78 is 9.48. The molecule has 2 rings (SSSR count). The van der Waals surface area contributed by atoms with Crippen molar-refractivity contribution in [2.45, 2.75) is 13.5 Å². The third-order valence-corrected chi connectivity index (χ3v) is 2.63. The van der Waals surface area contributed by atoms with Crippen LogP contribution in [0.5, 0.6) is 0 Å². The fourth-order valence-corrected chi connectivity index (χ4v) is 1.81. The van der Waals surface area contributed by atoms with Crippen LogP contribution in [-0.4, -0.2) is 27.7 Å². The van der Waals surface area contributed by atoms with Gasteiger partial charge in [0.2, 0.25) is 6.39 Å². The zero-order valence-corrected chi connectivity index (χ0v) is 9.86. The monoisotopic (exact) mass is 254 g/mol. The first kappa shape index (κ1) is 11.5. The topological polar surface area (TPSA) is 90.1 Å². The lowest BCUT2D eigenvalue weighted by Crippen LogP contribution is -2.09. The van der Waals surface area contributed by atoms with Crippen LogP contribution in [0.2, 0.25) is 0 Å². The second-order valence-electron chi connectivity index (χ2n) is 2.95. The van der Waals surface area contributed by atoms with E-state index in [0.29, 0.717) is 24.0 Å². The van der Waals surface area contributed by atoms with E-state index in [2.05, 4.69) is 25.0 Å². The quantitative estimate of drug-likeness (QED) is 0.804. The van der Waals surface area contributed by atoms with Gasteiger partial charge in [-0.25, -0.2) is 9.78 Å². The second-order valence-corrected chi connectivity index (χ2v) is 3.81. The van der Waals surface area contributed by atoms with Crippen molar-refractivity contribution in [3.05, 3.63) is 23.4 Å². The van der Waals surface area contributed by atoms with E-state index in [4.69, 9.17) is 4.74 Å². The normalized spacial score (nSPS) is 10.2. The summed E-state index contributed by atoms with van der Waals surface area (Å²) in [6.45, 7) is 2.43. The van der Waals surface area contributed by atoms with Crippen molar-refractivity contribution in [2.24, 2.45) is 0 Å². The van der Waals surface area contributed by atoms with Crippen LogP contribution in [0.25, 0.3) is 0 Å². The van der Waals surface area contributed by atoms with E-state index in [-0.39, 0.29) is 5.69 Å². The first-order valence-electron chi connectivity index (χ1n) is 4.91. The van der Waals surface area contributed by atoms with Gasteiger partial charge in [0.05, 0.1) is 18.7 Å². The van der Waals surface area contributed by atoms with Crippen LogP contribution in [0.1, 0.15) is 23.2 Å². The number of aromatic nitrogens is 3. The third kappa shape index (κ3) is 2.78. The molecule has 0 aliphatic carbocycles. The highest BCUT2D eigenvalue weighted by molar-refractivity contribution is 7.14. The van der Waals surface area contributed by atoms with Gasteiger partial charge in [-0.05, 0) is 6.92 Å². The van der Waals surface area contributed by atoms with E-state index in [9.17, 15) is 4.79 Å². The Morgan fingerprint density at radius 1 is 1.59 bits per heavy atom. The highest BCUT2D eigenvalue weighted by Crippen LogP contribution is 2.21. The Hall–Kier alpha value is -1.96. The molecule has 0 bridgehead atoms. The van der Waals surface area contributed by atoms with E-state index in [1.807, 2.05) is 0 Å². The smallest absolute Gasteiger partial charge is 0.360 e. The summed E-state index contributed by atoms with van der Waals surface area (Å²) in [7, 11) is 0. The summed E-state index contributed by atoms with van der Waals surface area (Å²) in [4.78, 5) is 19.3. The molecule has 1 N–H and O–H groups in total. The van der Waals surface area contributed by atoms with Gasteiger partial charge in [0.25, 0.3) is 0 Å². The molecule has 0 aliphatic rings. The Labute approximate surface area is 101 Å². The highest BCUT2D eigenvalue weighted by Gasteiger charge is 2.16. The van der Waals surface area contributed by atoms with E-state index in [1.165, 1.54) is 17.7 Å². The molecule has 0 saturated carbocycles. The van der Waals surface area contributed by atoms with Gasteiger partial charge in [-0.2, -0.15) is 4.98 Å². The number of carbonyl (C=O) groups is 1. The van der Waals surface area contributed by atoms with Crippen molar-refractivity contribution in [1.82, 2.24) is 15.1 Å². The van der Waals surface area contributed by atoms with Gasteiger partial charge >= 0.3 is 5.97 Å². The van der Waals surface area contributed by atoms with Crippen LogP contribution in [0.3, 0.4) is 0 Å². The summed E-state index contributed by atoms with van der Waals surface area (Å²) >= 11 is 1.32. The van der Waals surface area contributed by atoms with Gasteiger partial charge < -0.3 is 14.6 Å². The van der Waals surface area contributed by atoms with Crippen LogP contribution in [-0.2, 0) is 11.3 Å². The molecule has 0 unspecified atom stereocenters. The Kier molecular flexibility index (Phi) is 3.66. The summed E-state index contributed by atoms with van der Waals surface area (Å²) in [5.41, 5.74) is 1.85. The van der Waals surface area contributed by atoms with Gasteiger partial charge in [-0.3, -0.25) is 0 Å². The number of nitrogens with one attached hydrogen (secondary N) is 1. The molecule has 0 atom stereocenters. The first-order chi connectivity index (χ1) is 8.31. The molecule has 17 heavy (non-hydrogen) atoms. The van der Waals surface area contributed by atoms with Crippen LogP contribution in [0.15, 0.2) is 16.4 Å². The highest BCUT2D eigenvalue weighted by atomic mass is 32.1. The average Bonchev–Trinajstić information content (AvgIpc) is 2.98. The maximum atomic E-state index is 11.5. The molecular weight excluding hydrogens is 244 g/mol. The SMILES string of the molecule is CCOC(=O)c1ncsc1NCc1ncon1. The minimum atomic E-state index is -0.440. The summed E-state index contributed by atoms with van der Waals surface area (Å²) in [6.07, 6.45) is 1.25. The first-order valence-corrected chi connectivity index (χ1v) is 5.79. The zero-order chi connectivity index (χ0) is 12.1. The van der Waals surface area contributed by atoms with Gasteiger partial charge in [-0.15, -0.1) is 11.3 Å². The molecule has 0 aliphatic heterocycles. The van der Waals surface area contributed by atoms with E-state index >= 15 is 0 Å². The minimum Gasteiger partial charge on any atom is -0.461 e. The maximum Gasteiger partial charge on any atom is 0.360 e. The largest absolute Gasteiger partial charge is 0.461 e. The molecule has 2 heterocycles. The number of ether oxygens (including phenoxy) is 1. The molecule has 0 fully saturated rings. The Balaban J connectivity index is 2.01. The Bertz CT molecular complexity index is 482. The van der Waals surface area contributed by atoms with Crippen molar-refractivity contribution in [3.63, 3.8) is 0 Å². The second kappa shape index (κ2) is 5.39. The number of esters is 1. The van der Waals surface area contributed by atoms with Crippen LogP contribution >= 0.6 is 11.3 Å². The van der Waals surface area contributed by atoms with E-state index in [1.54, 1.807) is 12.4 Å². The number of hydrogen-bond donors (Lipinski definition) is 1. The molecule has 90 valence electrons. The molecule has 0 radical (unpaired) electrons. The maximum absolute atomic E-state index is 11.5.